The molecule has 0 aliphatic heterocycles. The number of para-hydroxylation sites is 2. The van der Waals surface area contributed by atoms with Gasteiger partial charge in [-0.2, -0.15) is 0 Å². The molecule has 0 bridgehead atoms. The van der Waals surface area contributed by atoms with Gasteiger partial charge in [0.15, 0.2) is 0 Å². The number of carbonyl (C=O) groups excluding carboxylic acids is 1. The third-order valence-electron chi connectivity index (χ3n) is 4.43. The molecular weight excluding hydrogens is 318 g/mol. The first-order chi connectivity index (χ1) is 12.1. The minimum atomic E-state index is -0.0973. The molecule has 2 heterocycles. The molecule has 1 amide bonds. The van der Waals surface area contributed by atoms with Gasteiger partial charge in [0.1, 0.15) is 5.76 Å². The van der Waals surface area contributed by atoms with Crippen molar-refractivity contribution in [2.75, 3.05) is 0 Å². The molecule has 1 atom stereocenters. The van der Waals surface area contributed by atoms with Crippen LogP contribution in [0, 0.1) is 0 Å². The predicted octanol–water partition coefficient (Wildman–Crippen LogP) is 2.46. The predicted molar refractivity (Wildman–Crippen MR) is 96.4 cm³/mol. The molecule has 6 nitrogen and oxygen atoms in total. The zero-order valence-electron chi connectivity index (χ0n) is 14.6. The molecule has 1 N–H and O–H groups in total. The Labute approximate surface area is 146 Å². The van der Waals surface area contributed by atoms with Gasteiger partial charge in [-0.15, -0.1) is 0 Å². The zero-order chi connectivity index (χ0) is 17.8. The summed E-state index contributed by atoms with van der Waals surface area (Å²) in [5.74, 6) is 0.871. The van der Waals surface area contributed by atoms with Gasteiger partial charge in [0.25, 0.3) is 0 Å². The molecule has 0 spiro atoms. The lowest BCUT2D eigenvalue weighted by molar-refractivity contribution is -0.121. The van der Waals surface area contributed by atoms with E-state index in [4.69, 9.17) is 4.42 Å². The van der Waals surface area contributed by atoms with Crippen LogP contribution in [0.3, 0.4) is 0 Å². The van der Waals surface area contributed by atoms with Gasteiger partial charge in [0, 0.05) is 32.5 Å². The highest BCUT2D eigenvalue weighted by Crippen LogP contribution is 2.12. The number of rotatable bonds is 7. The number of nitrogens with zero attached hydrogens (tertiary/aromatic N) is 2. The average molecular weight is 341 g/mol. The van der Waals surface area contributed by atoms with Crippen molar-refractivity contribution >= 4 is 16.9 Å². The van der Waals surface area contributed by atoms with Crippen molar-refractivity contribution in [1.29, 1.82) is 0 Å². The van der Waals surface area contributed by atoms with Crippen molar-refractivity contribution in [1.82, 2.24) is 14.5 Å². The molecule has 2 aromatic heterocycles. The van der Waals surface area contributed by atoms with E-state index in [-0.39, 0.29) is 24.1 Å². The minimum Gasteiger partial charge on any atom is -0.469 e. The lowest BCUT2D eigenvalue weighted by Gasteiger charge is -2.13. The van der Waals surface area contributed by atoms with Crippen LogP contribution in [0.15, 0.2) is 51.9 Å². The Balaban J connectivity index is 1.56. The second kappa shape index (κ2) is 7.42. The Morgan fingerprint density at radius 1 is 1.20 bits per heavy atom. The van der Waals surface area contributed by atoms with Crippen molar-refractivity contribution in [2.24, 2.45) is 7.05 Å². The number of aromatic nitrogens is 2. The second-order valence-corrected chi connectivity index (χ2v) is 6.32. The number of nitrogens with one attached hydrogen (secondary N) is 1. The molecule has 132 valence electrons. The maximum atomic E-state index is 12.3. The van der Waals surface area contributed by atoms with Crippen LogP contribution in [0.2, 0.25) is 0 Å². The van der Waals surface area contributed by atoms with E-state index >= 15 is 0 Å². The van der Waals surface area contributed by atoms with E-state index in [2.05, 4.69) is 5.32 Å². The Morgan fingerprint density at radius 3 is 2.68 bits per heavy atom. The molecular formula is C19H23N3O3. The Kier molecular flexibility index (Phi) is 5.07. The molecule has 0 radical (unpaired) electrons. The van der Waals surface area contributed by atoms with Gasteiger partial charge < -0.3 is 9.73 Å². The summed E-state index contributed by atoms with van der Waals surface area (Å²) in [5, 5.41) is 2.98. The van der Waals surface area contributed by atoms with E-state index in [0.29, 0.717) is 6.54 Å². The van der Waals surface area contributed by atoms with Crippen LogP contribution < -0.4 is 11.0 Å². The smallest absolute Gasteiger partial charge is 0.328 e. The fourth-order valence-electron chi connectivity index (χ4n) is 3.03. The molecule has 3 aromatic rings. The maximum Gasteiger partial charge on any atom is 0.328 e. The summed E-state index contributed by atoms with van der Waals surface area (Å²) >= 11 is 0. The van der Waals surface area contributed by atoms with E-state index in [1.807, 2.05) is 43.3 Å². The average Bonchev–Trinajstić information content (AvgIpc) is 3.20. The Morgan fingerprint density at radius 2 is 1.96 bits per heavy atom. The number of amides is 1. The summed E-state index contributed by atoms with van der Waals surface area (Å²) in [7, 11) is 1.75. The van der Waals surface area contributed by atoms with Gasteiger partial charge in [-0.25, -0.2) is 4.79 Å². The van der Waals surface area contributed by atoms with Crippen molar-refractivity contribution in [3.05, 3.63) is 58.9 Å². The van der Waals surface area contributed by atoms with Gasteiger partial charge in [0.2, 0.25) is 5.91 Å². The third-order valence-corrected chi connectivity index (χ3v) is 4.43. The molecule has 0 saturated carbocycles. The van der Waals surface area contributed by atoms with Crippen LogP contribution in [0.25, 0.3) is 11.0 Å². The maximum absolute atomic E-state index is 12.3. The van der Waals surface area contributed by atoms with Gasteiger partial charge in [0.05, 0.1) is 17.3 Å². The van der Waals surface area contributed by atoms with Gasteiger partial charge in [-0.05, 0) is 37.6 Å². The first-order valence-electron chi connectivity index (χ1n) is 8.52. The molecule has 0 saturated heterocycles. The fraction of sp³-hybridized carbons (Fsp3) is 0.368. The lowest BCUT2D eigenvalue weighted by Crippen LogP contribution is -2.34. The number of hydrogen-bond donors (Lipinski definition) is 1. The largest absolute Gasteiger partial charge is 0.469 e. The Hall–Kier alpha value is -2.76. The molecule has 25 heavy (non-hydrogen) atoms. The fourth-order valence-corrected chi connectivity index (χ4v) is 3.03. The highest BCUT2D eigenvalue weighted by Gasteiger charge is 2.13. The standard InChI is InChI=1S/C19H23N3O3/c1-14(9-10-15-6-5-13-25-15)20-18(23)11-12-22-17-8-4-3-7-16(17)21(2)19(22)24/h3-8,13-14H,9-12H2,1-2H3,(H,20,23). The summed E-state index contributed by atoms with van der Waals surface area (Å²) in [6.07, 6.45) is 3.53. The summed E-state index contributed by atoms with van der Waals surface area (Å²) in [4.78, 5) is 24.5. The van der Waals surface area contributed by atoms with Crippen LogP contribution in [0.1, 0.15) is 25.5 Å². The normalized spacial score (nSPS) is 12.4. The van der Waals surface area contributed by atoms with Crippen molar-refractivity contribution in [3.63, 3.8) is 0 Å². The van der Waals surface area contributed by atoms with Crippen LogP contribution in [-0.2, 0) is 24.8 Å². The number of benzene rings is 1. The molecule has 1 unspecified atom stereocenters. The van der Waals surface area contributed by atoms with E-state index < -0.39 is 0 Å². The highest BCUT2D eigenvalue weighted by molar-refractivity contribution is 5.78. The van der Waals surface area contributed by atoms with Crippen LogP contribution in [0.5, 0.6) is 0 Å². The number of fused-ring (bicyclic) bond motifs is 1. The van der Waals surface area contributed by atoms with Crippen LogP contribution in [0.4, 0.5) is 0 Å². The molecule has 1 aromatic carbocycles. The van der Waals surface area contributed by atoms with Crippen molar-refractivity contribution < 1.29 is 9.21 Å². The molecule has 6 heteroatoms. The van der Waals surface area contributed by atoms with Crippen LogP contribution >= 0.6 is 0 Å². The second-order valence-electron chi connectivity index (χ2n) is 6.32. The number of furan rings is 1. The summed E-state index contributed by atoms with van der Waals surface area (Å²) < 4.78 is 8.56. The summed E-state index contributed by atoms with van der Waals surface area (Å²) in [6, 6.07) is 11.5. The minimum absolute atomic E-state index is 0.0493. The molecule has 3 rings (SSSR count). The molecule has 0 aliphatic rings. The zero-order valence-corrected chi connectivity index (χ0v) is 14.6. The van der Waals surface area contributed by atoms with E-state index in [1.54, 1.807) is 22.4 Å². The SMILES string of the molecule is CC(CCc1ccco1)NC(=O)CCn1c(=O)n(C)c2ccccc21. The van der Waals surface area contributed by atoms with E-state index in [1.165, 1.54) is 0 Å². The van der Waals surface area contributed by atoms with Gasteiger partial charge >= 0.3 is 5.69 Å². The van der Waals surface area contributed by atoms with Gasteiger partial charge in [-0.3, -0.25) is 13.9 Å². The van der Waals surface area contributed by atoms with E-state index in [0.717, 1.165) is 29.6 Å². The number of aryl methyl sites for hydroxylation is 3. The monoisotopic (exact) mass is 341 g/mol. The third kappa shape index (κ3) is 3.84. The number of imidazole rings is 1. The number of carbonyl (C=O) groups is 1. The van der Waals surface area contributed by atoms with Gasteiger partial charge in [-0.1, -0.05) is 12.1 Å². The first kappa shape index (κ1) is 17.1. The Bertz CT molecular complexity index is 906. The number of hydrogen-bond acceptors (Lipinski definition) is 3. The highest BCUT2D eigenvalue weighted by atomic mass is 16.3. The van der Waals surface area contributed by atoms with Crippen molar-refractivity contribution in [2.45, 2.75) is 38.8 Å². The summed E-state index contributed by atoms with van der Waals surface area (Å²) in [6.45, 7) is 2.35. The lowest BCUT2D eigenvalue weighted by atomic mass is 10.1. The quantitative estimate of drug-likeness (QED) is 0.718. The first-order valence-corrected chi connectivity index (χ1v) is 8.52. The van der Waals surface area contributed by atoms with Crippen LogP contribution in [-0.4, -0.2) is 21.1 Å². The van der Waals surface area contributed by atoms with Crippen molar-refractivity contribution in [3.8, 4) is 0 Å². The molecule has 0 aliphatic carbocycles. The van der Waals surface area contributed by atoms with E-state index in [9.17, 15) is 9.59 Å². The topological polar surface area (TPSA) is 69.2 Å². The molecule has 0 fully saturated rings. The summed E-state index contributed by atoms with van der Waals surface area (Å²) in [5.41, 5.74) is 1.63.